The van der Waals surface area contributed by atoms with Crippen molar-refractivity contribution in [3.63, 3.8) is 0 Å². The number of hydrogen-bond donors (Lipinski definition) is 0. The second kappa shape index (κ2) is 12.4. The first-order chi connectivity index (χ1) is 18.7. The number of phosphoric acid groups is 1. The second-order valence-corrected chi connectivity index (χ2v) is 11.7. The van der Waals surface area contributed by atoms with Gasteiger partial charge in [0.1, 0.15) is 17.3 Å². The van der Waals surface area contributed by atoms with Gasteiger partial charge in [-0.05, 0) is 48.6 Å². The summed E-state index contributed by atoms with van der Waals surface area (Å²) in [5, 5.41) is 2.27. The summed E-state index contributed by atoms with van der Waals surface area (Å²) in [5.41, 5.74) is 0.764. The Morgan fingerprint density at radius 3 is 1.32 bits per heavy atom. The molecular formula is C32H26O4P2. The van der Waals surface area contributed by atoms with Crippen LogP contribution >= 0.6 is 15.7 Å². The van der Waals surface area contributed by atoms with E-state index >= 15 is 0 Å². The first kappa shape index (κ1) is 25.5. The maximum Gasteiger partial charge on any atom is 0.647 e. The fraction of sp³-hybridized carbons (Fsp3) is 0. The molecule has 0 aromatic heterocycles. The monoisotopic (exact) mass is 536 g/mol. The Bertz CT molecular complexity index is 1410. The molecule has 0 aliphatic heterocycles. The largest absolute Gasteiger partial charge is 0.647 e. The molecular weight excluding hydrogens is 510 g/mol. The van der Waals surface area contributed by atoms with Crippen molar-refractivity contribution < 1.29 is 18.1 Å². The number of rotatable bonds is 10. The molecule has 5 rings (SSSR count). The van der Waals surface area contributed by atoms with E-state index in [0.717, 1.165) is 16.2 Å². The zero-order valence-corrected chi connectivity index (χ0v) is 22.3. The van der Waals surface area contributed by atoms with Gasteiger partial charge in [-0.3, -0.25) is 0 Å². The molecule has 0 amide bonds. The average Bonchev–Trinajstić information content (AvgIpc) is 2.97. The van der Waals surface area contributed by atoms with Crippen molar-refractivity contribution in [1.29, 1.82) is 0 Å². The summed E-state index contributed by atoms with van der Waals surface area (Å²) >= 11 is 0. The minimum atomic E-state index is -4.18. The van der Waals surface area contributed by atoms with E-state index in [-0.39, 0.29) is 0 Å². The molecule has 0 radical (unpaired) electrons. The molecule has 0 bridgehead atoms. The van der Waals surface area contributed by atoms with Gasteiger partial charge >= 0.3 is 7.82 Å². The molecule has 0 N–H and O–H groups in total. The van der Waals surface area contributed by atoms with Crippen LogP contribution in [0.15, 0.2) is 157 Å². The normalized spacial score (nSPS) is 11.7. The summed E-state index contributed by atoms with van der Waals surface area (Å²) in [6.45, 7) is 0. The molecule has 0 aliphatic carbocycles. The molecule has 0 saturated heterocycles. The summed E-state index contributed by atoms with van der Waals surface area (Å²) in [5.74, 6) is 3.21. The molecule has 0 heterocycles. The SMILES string of the molecule is O=P(O/C(=C\P(c1ccccc1)c1ccccc1)c1ccccc1)(Oc1ccccc1)Oc1ccccc1. The smallest absolute Gasteiger partial charge is 0.386 e. The van der Waals surface area contributed by atoms with Crippen LogP contribution in [0.3, 0.4) is 0 Å². The van der Waals surface area contributed by atoms with Gasteiger partial charge in [-0.15, -0.1) is 0 Å². The lowest BCUT2D eigenvalue weighted by Crippen LogP contribution is -2.11. The van der Waals surface area contributed by atoms with E-state index in [1.807, 2.05) is 84.7 Å². The van der Waals surface area contributed by atoms with Crippen LogP contribution in [0, 0.1) is 0 Å². The van der Waals surface area contributed by atoms with E-state index in [4.69, 9.17) is 13.6 Å². The molecule has 0 spiro atoms. The van der Waals surface area contributed by atoms with Gasteiger partial charge in [0.25, 0.3) is 0 Å². The van der Waals surface area contributed by atoms with Crippen LogP contribution in [0.5, 0.6) is 11.5 Å². The number of hydrogen-bond acceptors (Lipinski definition) is 4. The lowest BCUT2D eigenvalue weighted by atomic mass is 10.2. The van der Waals surface area contributed by atoms with Gasteiger partial charge in [-0.1, -0.05) is 127 Å². The van der Waals surface area contributed by atoms with Crippen LogP contribution in [-0.2, 0) is 9.09 Å². The van der Waals surface area contributed by atoms with Gasteiger partial charge < -0.3 is 13.6 Å². The molecule has 5 aromatic carbocycles. The van der Waals surface area contributed by atoms with E-state index in [9.17, 15) is 4.57 Å². The molecule has 6 heteroatoms. The van der Waals surface area contributed by atoms with Crippen LogP contribution < -0.4 is 19.7 Å². The molecule has 4 nitrogen and oxygen atoms in total. The van der Waals surface area contributed by atoms with Crippen molar-refractivity contribution in [3.8, 4) is 11.5 Å². The molecule has 0 fully saturated rings. The van der Waals surface area contributed by atoms with E-state index in [1.165, 1.54) is 0 Å². The van der Waals surface area contributed by atoms with Crippen LogP contribution in [0.1, 0.15) is 5.56 Å². The summed E-state index contributed by atoms with van der Waals surface area (Å²) in [6, 6.07) is 47.9. The fourth-order valence-corrected chi connectivity index (χ4v) is 7.12. The lowest BCUT2D eigenvalue weighted by Gasteiger charge is -2.23. The second-order valence-electron chi connectivity index (χ2n) is 8.25. The van der Waals surface area contributed by atoms with Crippen LogP contribution in [0.4, 0.5) is 0 Å². The zero-order chi connectivity index (χ0) is 26.0. The number of phosphoric ester groups is 1. The molecule has 38 heavy (non-hydrogen) atoms. The van der Waals surface area contributed by atoms with E-state index in [0.29, 0.717) is 17.3 Å². The van der Waals surface area contributed by atoms with Crippen molar-refractivity contribution >= 4 is 32.1 Å². The zero-order valence-electron chi connectivity index (χ0n) is 20.5. The van der Waals surface area contributed by atoms with Gasteiger partial charge in [-0.25, -0.2) is 0 Å². The standard InChI is InChI=1S/C32H26O4P2/c33-38(34-28-18-8-2-9-19-28,35-29-20-10-3-11-21-29)36-32(27-16-6-1-7-17-27)26-37(30-22-12-4-13-23-30)31-24-14-5-15-25-31/h1-26H/b32-26-. The molecule has 5 aromatic rings. The summed E-state index contributed by atoms with van der Waals surface area (Å²) < 4.78 is 32.4. The Hall–Kier alpha value is -4.10. The van der Waals surface area contributed by atoms with Crippen molar-refractivity contribution in [2.24, 2.45) is 0 Å². The quantitative estimate of drug-likeness (QED) is 0.133. The third kappa shape index (κ3) is 6.81. The maximum atomic E-state index is 14.3. The molecule has 0 unspecified atom stereocenters. The van der Waals surface area contributed by atoms with Crippen molar-refractivity contribution in [3.05, 3.63) is 163 Å². The van der Waals surface area contributed by atoms with Gasteiger partial charge in [0.2, 0.25) is 0 Å². The van der Waals surface area contributed by atoms with Crippen LogP contribution in [0.2, 0.25) is 0 Å². The van der Waals surface area contributed by atoms with Gasteiger partial charge in [0.05, 0.1) is 0 Å². The van der Waals surface area contributed by atoms with Crippen LogP contribution in [0.25, 0.3) is 5.76 Å². The Morgan fingerprint density at radius 2 is 0.895 bits per heavy atom. The van der Waals surface area contributed by atoms with Crippen molar-refractivity contribution in [1.82, 2.24) is 0 Å². The first-order valence-electron chi connectivity index (χ1n) is 12.1. The third-order valence-electron chi connectivity index (χ3n) is 5.50. The molecule has 188 valence electrons. The highest BCUT2D eigenvalue weighted by Gasteiger charge is 2.35. The third-order valence-corrected chi connectivity index (χ3v) is 9.00. The highest BCUT2D eigenvalue weighted by Crippen LogP contribution is 2.54. The summed E-state index contributed by atoms with van der Waals surface area (Å²) in [6.07, 6.45) is 0. The van der Waals surface area contributed by atoms with Gasteiger partial charge in [0, 0.05) is 5.56 Å². The van der Waals surface area contributed by atoms with E-state index in [1.54, 1.807) is 48.5 Å². The fourth-order valence-electron chi connectivity index (χ4n) is 3.74. The average molecular weight is 537 g/mol. The molecule has 0 saturated carbocycles. The maximum absolute atomic E-state index is 14.3. The van der Waals surface area contributed by atoms with Crippen molar-refractivity contribution in [2.45, 2.75) is 0 Å². The van der Waals surface area contributed by atoms with Gasteiger partial charge in [0.15, 0.2) is 0 Å². The van der Waals surface area contributed by atoms with E-state index < -0.39 is 15.7 Å². The van der Waals surface area contributed by atoms with Crippen molar-refractivity contribution in [2.75, 3.05) is 0 Å². The summed E-state index contributed by atoms with van der Waals surface area (Å²) in [4.78, 5) is 0. The number of para-hydroxylation sites is 2. The first-order valence-corrected chi connectivity index (χ1v) is 15.0. The summed E-state index contributed by atoms with van der Waals surface area (Å²) in [7, 11) is -5.19. The Morgan fingerprint density at radius 1 is 0.526 bits per heavy atom. The number of benzene rings is 5. The topological polar surface area (TPSA) is 44.8 Å². The highest BCUT2D eigenvalue weighted by molar-refractivity contribution is 7.76. The Labute approximate surface area is 224 Å². The minimum Gasteiger partial charge on any atom is -0.386 e. The minimum absolute atomic E-state index is 0.382. The Kier molecular flexibility index (Phi) is 8.36. The predicted molar refractivity (Wildman–Crippen MR) is 156 cm³/mol. The Balaban J connectivity index is 1.61. The van der Waals surface area contributed by atoms with E-state index in [2.05, 4.69) is 24.3 Å². The predicted octanol–water partition coefficient (Wildman–Crippen LogP) is 8.40. The van der Waals surface area contributed by atoms with Crippen LogP contribution in [-0.4, -0.2) is 0 Å². The van der Waals surface area contributed by atoms with Gasteiger partial charge in [-0.2, -0.15) is 4.57 Å². The molecule has 0 aliphatic rings. The highest BCUT2D eigenvalue weighted by atomic mass is 31.2. The molecule has 0 atom stereocenters. The lowest BCUT2D eigenvalue weighted by molar-refractivity contribution is 0.284.